The zero-order chi connectivity index (χ0) is 20.0. The van der Waals surface area contributed by atoms with Crippen LogP contribution < -0.4 is 0 Å². The van der Waals surface area contributed by atoms with Gasteiger partial charge in [0.2, 0.25) is 5.82 Å². The van der Waals surface area contributed by atoms with Crippen LogP contribution in [0, 0.1) is 24.4 Å². The van der Waals surface area contributed by atoms with E-state index in [-0.39, 0.29) is 16.5 Å². The number of aromatic hydroxyl groups is 1. The number of phenols is 1. The highest BCUT2D eigenvalue weighted by Gasteiger charge is 2.27. The molecule has 0 aliphatic carbocycles. The molecule has 1 aliphatic heterocycles. The lowest BCUT2D eigenvalue weighted by Gasteiger charge is -2.28. The summed E-state index contributed by atoms with van der Waals surface area (Å²) in [7, 11) is 0. The first-order chi connectivity index (χ1) is 13.4. The van der Waals surface area contributed by atoms with Crippen molar-refractivity contribution in [1.82, 2.24) is 9.88 Å². The van der Waals surface area contributed by atoms with E-state index < -0.39 is 23.2 Å². The van der Waals surface area contributed by atoms with Crippen LogP contribution in [0.25, 0.3) is 10.6 Å². The Labute approximate surface area is 162 Å². The van der Waals surface area contributed by atoms with Crippen LogP contribution in [0.3, 0.4) is 0 Å². The Morgan fingerprint density at radius 3 is 2.64 bits per heavy atom. The summed E-state index contributed by atoms with van der Waals surface area (Å²) in [6.45, 7) is 2.60. The number of halogens is 3. The van der Waals surface area contributed by atoms with Gasteiger partial charge in [-0.2, -0.15) is 4.39 Å². The van der Waals surface area contributed by atoms with Gasteiger partial charge < -0.3 is 10.0 Å². The summed E-state index contributed by atoms with van der Waals surface area (Å²) in [4.78, 5) is 19.1. The fourth-order valence-electron chi connectivity index (χ4n) is 3.27. The first kappa shape index (κ1) is 18.5. The highest BCUT2D eigenvalue weighted by molar-refractivity contribution is 7.17. The highest BCUT2D eigenvalue weighted by atomic mass is 32.1. The summed E-state index contributed by atoms with van der Waals surface area (Å²) in [6, 6.07) is 8.52. The Bertz CT molecular complexity index is 1100. The average Bonchev–Trinajstić information content (AvgIpc) is 3.09. The lowest BCUT2D eigenvalue weighted by atomic mass is 10.00. The maximum Gasteiger partial charge on any atom is 0.266 e. The van der Waals surface area contributed by atoms with Crippen molar-refractivity contribution in [2.75, 3.05) is 6.54 Å². The molecule has 4 rings (SSSR count). The number of rotatable bonds is 2. The number of carbonyl (C=O) groups excluding carboxylic acids is 1. The van der Waals surface area contributed by atoms with E-state index in [0.717, 1.165) is 23.3 Å². The quantitative estimate of drug-likeness (QED) is 0.643. The summed E-state index contributed by atoms with van der Waals surface area (Å²) < 4.78 is 41.1. The van der Waals surface area contributed by atoms with Crippen molar-refractivity contribution in [3.05, 3.63) is 69.5 Å². The lowest BCUT2D eigenvalue weighted by Crippen LogP contribution is -2.35. The summed E-state index contributed by atoms with van der Waals surface area (Å²) in [6.07, 6.45) is 0.734. The molecule has 3 aromatic rings. The third kappa shape index (κ3) is 3.03. The predicted molar refractivity (Wildman–Crippen MR) is 98.7 cm³/mol. The second kappa shape index (κ2) is 6.94. The van der Waals surface area contributed by atoms with Gasteiger partial charge in [-0.15, -0.1) is 11.3 Å². The monoisotopic (exact) mass is 404 g/mol. The van der Waals surface area contributed by atoms with Crippen LogP contribution in [0.1, 0.15) is 26.5 Å². The molecule has 28 heavy (non-hydrogen) atoms. The van der Waals surface area contributed by atoms with E-state index in [9.17, 15) is 23.1 Å². The predicted octanol–water partition coefficient (Wildman–Crippen LogP) is 4.44. The van der Waals surface area contributed by atoms with E-state index in [1.165, 1.54) is 5.56 Å². The second-order valence-corrected chi connectivity index (χ2v) is 7.56. The van der Waals surface area contributed by atoms with Crippen molar-refractivity contribution < 1.29 is 23.1 Å². The molecule has 0 unspecified atom stereocenters. The molecule has 1 aromatic heterocycles. The molecular weight excluding hydrogens is 389 g/mol. The molecular formula is C20H15F3N2O2S. The highest BCUT2D eigenvalue weighted by Crippen LogP contribution is 2.36. The fourth-order valence-corrected chi connectivity index (χ4v) is 4.31. The van der Waals surface area contributed by atoms with Gasteiger partial charge in [-0.05, 0) is 30.5 Å². The number of fused-ring (bicyclic) bond motifs is 1. The zero-order valence-corrected chi connectivity index (χ0v) is 15.6. The fraction of sp³-hybridized carbons (Fsp3) is 0.200. The average molecular weight is 404 g/mol. The summed E-state index contributed by atoms with van der Waals surface area (Å²) in [5, 5.41) is 9.43. The number of thiazole rings is 1. The number of phenolic OH excluding ortho intramolecular Hbond substituents is 1. The molecule has 0 fully saturated rings. The van der Waals surface area contributed by atoms with Crippen LogP contribution in [-0.4, -0.2) is 27.4 Å². The maximum atomic E-state index is 14.2. The smallest absolute Gasteiger partial charge is 0.266 e. The Morgan fingerprint density at radius 2 is 1.89 bits per heavy atom. The largest absolute Gasteiger partial charge is 0.503 e. The Kier molecular flexibility index (Phi) is 4.58. The first-order valence-corrected chi connectivity index (χ1v) is 9.38. The number of nitrogens with zero attached hydrogens (tertiary/aromatic N) is 2. The van der Waals surface area contributed by atoms with Gasteiger partial charge >= 0.3 is 0 Å². The number of carbonyl (C=O) groups is 1. The normalized spacial score (nSPS) is 13.5. The number of amides is 1. The number of aromatic nitrogens is 1. The standard InChI is InChI=1S/C20H15F3N2O2S/c1-10-18(20(27)25-7-6-11-4-2-3-5-12(11)9-25)28-19(24-10)13-8-14(21)16(23)17(26)15(13)22/h2-5,8,26H,6-7,9H2,1H3. The van der Waals surface area contributed by atoms with Crippen molar-refractivity contribution >= 4 is 17.2 Å². The van der Waals surface area contributed by atoms with Crippen molar-refractivity contribution in [3.63, 3.8) is 0 Å². The molecule has 2 aromatic carbocycles. The zero-order valence-electron chi connectivity index (χ0n) is 14.8. The van der Waals surface area contributed by atoms with E-state index in [0.29, 0.717) is 29.7 Å². The summed E-state index contributed by atoms with van der Waals surface area (Å²) in [5.41, 5.74) is 2.26. The van der Waals surface area contributed by atoms with Gasteiger partial charge in [0.1, 0.15) is 9.88 Å². The third-order valence-corrected chi connectivity index (χ3v) is 5.95. The van der Waals surface area contributed by atoms with Crippen LogP contribution in [0.2, 0.25) is 0 Å². The molecule has 1 aliphatic rings. The minimum atomic E-state index is -1.65. The second-order valence-electron chi connectivity index (χ2n) is 6.56. The van der Waals surface area contributed by atoms with Crippen LogP contribution in [-0.2, 0) is 13.0 Å². The SMILES string of the molecule is Cc1nc(-c2cc(F)c(F)c(O)c2F)sc1C(=O)N1CCc2ccccc2C1. The summed E-state index contributed by atoms with van der Waals surface area (Å²) >= 11 is 0.891. The molecule has 0 radical (unpaired) electrons. The molecule has 2 heterocycles. The molecule has 0 spiro atoms. The molecule has 8 heteroatoms. The molecule has 0 saturated carbocycles. The molecule has 0 saturated heterocycles. The van der Waals surface area contributed by atoms with Gasteiger partial charge in [-0.25, -0.2) is 13.8 Å². The molecule has 144 valence electrons. The minimum absolute atomic E-state index is 0.00459. The van der Waals surface area contributed by atoms with Crippen LogP contribution >= 0.6 is 11.3 Å². The number of hydrogen-bond acceptors (Lipinski definition) is 4. The van der Waals surface area contributed by atoms with Crippen molar-refractivity contribution in [3.8, 4) is 16.3 Å². The van der Waals surface area contributed by atoms with Gasteiger partial charge in [0, 0.05) is 13.1 Å². The van der Waals surface area contributed by atoms with E-state index in [1.807, 2.05) is 24.3 Å². The van der Waals surface area contributed by atoms with Crippen molar-refractivity contribution in [2.24, 2.45) is 0 Å². The summed E-state index contributed by atoms with van der Waals surface area (Å²) in [5.74, 6) is -6.00. The van der Waals surface area contributed by atoms with Crippen molar-refractivity contribution in [2.45, 2.75) is 19.9 Å². The molecule has 0 atom stereocenters. The number of aryl methyl sites for hydroxylation is 1. The van der Waals surface area contributed by atoms with Crippen LogP contribution in [0.4, 0.5) is 13.2 Å². The van der Waals surface area contributed by atoms with Crippen molar-refractivity contribution in [1.29, 1.82) is 0 Å². The molecule has 1 amide bonds. The Balaban J connectivity index is 1.67. The Hall–Kier alpha value is -2.87. The van der Waals surface area contributed by atoms with E-state index in [1.54, 1.807) is 11.8 Å². The maximum absolute atomic E-state index is 14.2. The molecule has 1 N–H and O–H groups in total. The molecule has 4 nitrogen and oxygen atoms in total. The van der Waals surface area contributed by atoms with Crippen LogP contribution in [0.15, 0.2) is 30.3 Å². The number of hydrogen-bond donors (Lipinski definition) is 1. The molecule has 0 bridgehead atoms. The van der Waals surface area contributed by atoms with Gasteiger partial charge in [0.15, 0.2) is 17.4 Å². The van der Waals surface area contributed by atoms with Crippen LogP contribution in [0.5, 0.6) is 5.75 Å². The van der Waals surface area contributed by atoms with Gasteiger partial charge in [0.25, 0.3) is 5.91 Å². The van der Waals surface area contributed by atoms with Gasteiger partial charge in [0.05, 0.1) is 11.3 Å². The number of benzene rings is 2. The minimum Gasteiger partial charge on any atom is -0.503 e. The van der Waals surface area contributed by atoms with E-state index >= 15 is 0 Å². The topological polar surface area (TPSA) is 53.4 Å². The lowest BCUT2D eigenvalue weighted by molar-refractivity contribution is 0.0738. The van der Waals surface area contributed by atoms with Gasteiger partial charge in [-0.3, -0.25) is 4.79 Å². The Morgan fingerprint density at radius 1 is 1.18 bits per heavy atom. The van der Waals surface area contributed by atoms with Gasteiger partial charge in [-0.1, -0.05) is 24.3 Å². The van der Waals surface area contributed by atoms with E-state index in [4.69, 9.17) is 0 Å². The first-order valence-electron chi connectivity index (χ1n) is 8.57. The third-order valence-electron chi connectivity index (χ3n) is 4.77. The van der Waals surface area contributed by atoms with E-state index in [2.05, 4.69) is 4.98 Å².